The summed E-state index contributed by atoms with van der Waals surface area (Å²) in [4.78, 5) is 13.6. The average Bonchev–Trinajstić information content (AvgIpc) is 2.46. The molecule has 1 amide bonds. The first-order valence-corrected chi connectivity index (χ1v) is 6.94. The van der Waals surface area contributed by atoms with Crippen LogP contribution in [-0.4, -0.2) is 26.0 Å². The molecule has 3 N–H and O–H groups in total. The molecule has 1 atom stereocenters. The molecule has 1 aromatic rings. The molecule has 0 radical (unpaired) electrons. The number of nitrogens with zero attached hydrogens (tertiary/aromatic N) is 1. The number of primary amides is 1. The van der Waals surface area contributed by atoms with Crippen molar-refractivity contribution in [3.8, 4) is 0 Å². The highest BCUT2D eigenvalue weighted by atomic mass is 16.1. The van der Waals surface area contributed by atoms with Gasteiger partial charge in [0.1, 0.15) is 0 Å². The van der Waals surface area contributed by atoms with Crippen LogP contribution in [0.15, 0.2) is 24.3 Å². The second kappa shape index (κ2) is 6.06. The Bertz CT molecular complexity index is 439. The number of hydrogen-bond acceptors (Lipinski definition) is 3. The molecule has 2 rings (SSSR count). The van der Waals surface area contributed by atoms with E-state index < -0.39 is 0 Å². The minimum absolute atomic E-state index is 0.0464. The van der Waals surface area contributed by atoms with E-state index >= 15 is 0 Å². The van der Waals surface area contributed by atoms with Crippen LogP contribution in [0.3, 0.4) is 0 Å². The zero-order valence-corrected chi connectivity index (χ0v) is 11.7. The molecule has 1 fully saturated rings. The van der Waals surface area contributed by atoms with Crippen LogP contribution in [0.1, 0.15) is 31.4 Å². The first-order valence-electron chi connectivity index (χ1n) is 6.94. The quantitative estimate of drug-likeness (QED) is 0.867. The van der Waals surface area contributed by atoms with Gasteiger partial charge < -0.3 is 16.0 Å². The fraction of sp³-hybridized carbons (Fsp3) is 0.533. The Kier molecular flexibility index (Phi) is 4.43. The predicted molar refractivity (Wildman–Crippen MR) is 78.0 cm³/mol. The lowest BCUT2D eigenvalue weighted by Gasteiger charge is -2.34. The fourth-order valence-electron chi connectivity index (χ4n) is 2.70. The molecule has 4 heteroatoms. The van der Waals surface area contributed by atoms with Gasteiger partial charge in [-0.05, 0) is 38.4 Å². The number of carbonyl (C=O) groups excluding carboxylic acids is 1. The second-order valence-electron chi connectivity index (χ2n) is 5.23. The molecule has 104 valence electrons. The molecular formula is C15H23N3O. The smallest absolute Gasteiger partial charge is 0.220 e. The maximum absolute atomic E-state index is 11.2. The van der Waals surface area contributed by atoms with Crippen molar-refractivity contribution in [1.82, 2.24) is 5.32 Å². The van der Waals surface area contributed by atoms with Gasteiger partial charge in [-0.25, -0.2) is 0 Å². The number of rotatable bonds is 4. The van der Waals surface area contributed by atoms with E-state index in [2.05, 4.69) is 41.4 Å². The first-order chi connectivity index (χ1) is 9.13. The number of nitrogens with one attached hydrogen (secondary N) is 1. The van der Waals surface area contributed by atoms with E-state index in [1.807, 2.05) is 7.05 Å². The van der Waals surface area contributed by atoms with E-state index in [-0.39, 0.29) is 11.8 Å². The highest BCUT2D eigenvalue weighted by Crippen LogP contribution is 2.29. The average molecular weight is 261 g/mol. The number of anilines is 1. The third-order valence-corrected chi connectivity index (χ3v) is 4.07. The largest absolute Gasteiger partial charge is 0.371 e. The normalized spacial score (nSPS) is 18.3. The van der Waals surface area contributed by atoms with E-state index in [0.29, 0.717) is 6.04 Å². The number of carbonyl (C=O) groups is 1. The van der Waals surface area contributed by atoms with Crippen molar-refractivity contribution in [2.24, 2.45) is 11.7 Å². The van der Waals surface area contributed by atoms with Crippen molar-refractivity contribution in [1.29, 1.82) is 0 Å². The SMILES string of the molecule is CNC(C)c1ccccc1N1CCC(C(N)=O)CC1. The Hall–Kier alpha value is -1.55. The van der Waals surface area contributed by atoms with Crippen LogP contribution in [0.5, 0.6) is 0 Å². The molecule has 0 aromatic heterocycles. The van der Waals surface area contributed by atoms with Crippen LogP contribution in [0.2, 0.25) is 0 Å². The molecule has 1 unspecified atom stereocenters. The molecule has 0 bridgehead atoms. The number of piperidine rings is 1. The molecule has 19 heavy (non-hydrogen) atoms. The number of amides is 1. The molecule has 4 nitrogen and oxygen atoms in total. The number of hydrogen-bond donors (Lipinski definition) is 2. The molecule has 1 heterocycles. The van der Waals surface area contributed by atoms with Crippen molar-refractivity contribution < 1.29 is 4.79 Å². The maximum atomic E-state index is 11.2. The van der Waals surface area contributed by atoms with Crippen LogP contribution in [-0.2, 0) is 4.79 Å². The van der Waals surface area contributed by atoms with E-state index in [4.69, 9.17) is 5.73 Å². The highest BCUT2D eigenvalue weighted by Gasteiger charge is 2.24. The molecule has 0 spiro atoms. The van der Waals surface area contributed by atoms with Crippen molar-refractivity contribution >= 4 is 11.6 Å². The minimum Gasteiger partial charge on any atom is -0.371 e. The first kappa shape index (κ1) is 13.9. The lowest BCUT2D eigenvalue weighted by Crippen LogP contribution is -2.39. The Balaban J connectivity index is 2.13. The summed E-state index contributed by atoms with van der Waals surface area (Å²) < 4.78 is 0. The molecule has 1 saturated heterocycles. The summed E-state index contributed by atoms with van der Waals surface area (Å²) in [5.74, 6) is -0.110. The van der Waals surface area contributed by atoms with Crippen LogP contribution in [0.25, 0.3) is 0 Å². The Morgan fingerprint density at radius 3 is 2.58 bits per heavy atom. The van der Waals surface area contributed by atoms with E-state index in [1.54, 1.807) is 0 Å². The highest BCUT2D eigenvalue weighted by molar-refractivity contribution is 5.77. The molecule has 1 aliphatic heterocycles. The molecule has 1 aliphatic rings. The number of benzene rings is 1. The monoisotopic (exact) mass is 261 g/mol. The maximum Gasteiger partial charge on any atom is 0.220 e. The van der Waals surface area contributed by atoms with Crippen molar-refractivity contribution in [2.75, 3.05) is 25.0 Å². The molecule has 1 aromatic carbocycles. The van der Waals surface area contributed by atoms with Gasteiger partial charge in [-0.1, -0.05) is 18.2 Å². The lowest BCUT2D eigenvalue weighted by atomic mass is 9.95. The van der Waals surface area contributed by atoms with Crippen LogP contribution < -0.4 is 16.0 Å². The fourth-order valence-corrected chi connectivity index (χ4v) is 2.70. The minimum atomic E-state index is -0.156. The van der Waals surface area contributed by atoms with Crippen LogP contribution in [0, 0.1) is 5.92 Å². The predicted octanol–water partition coefficient (Wildman–Crippen LogP) is 1.67. The van der Waals surface area contributed by atoms with Gasteiger partial charge in [-0.3, -0.25) is 4.79 Å². The van der Waals surface area contributed by atoms with Crippen LogP contribution >= 0.6 is 0 Å². The summed E-state index contributed by atoms with van der Waals surface area (Å²) in [5, 5.41) is 3.29. The summed E-state index contributed by atoms with van der Waals surface area (Å²) in [6.07, 6.45) is 1.72. The Morgan fingerprint density at radius 2 is 2.00 bits per heavy atom. The standard InChI is InChI=1S/C15H23N3O/c1-11(17-2)13-5-3-4-6-14(13)18-9-7-12(8-10-18)15(16)19/h3-6,11-12,17H,7-10H2,1-2H3,(H2,16,19). The summed E-state index contributed by atoms with van der Waals surface area (Å²) in [6.45, 7) is 3.97. The molecular weight excluding hydrogens is 238 g/mol. The van der Waals surface area contributed by atoms with Gasteiger partial charge in [0.05, 0.1) is 0 Å². The lowest BCUT2D eigenvalue weighted by molar-refractivity contribution is -0.122. The number of nitrogens with two attached hydrogens (primary N) is 1. The third kappa shape index (κ3) is 3.07. The van der Waals surface area contributed by atoms with Gasteiger partial charge in [0.15, 0.2) is 0 Å². The topological polar surface area (TPSA) is 58.4 Å². The van der Waals surface area contributed by atoms with Crippen molar-refractivity contribution in [2.45, 2.75) is 25.8 Å². The van der Waals surface area contributed by atoms with Crippen LogP contribution in [0.4, 0.5) is 5.69 Å². The zero-order valence-electron chi connectivity index (χ0n) is 11.7. The van der Waals surface area contributed by atoms with E-state index in [1.165, 1.54) is 11.3 Å². The van der Waals surface area contributed by atoms with Crippen molar-refractivity contribution in [3.05, 3.63) is 29.8 Å². The van der Waals surface area contributed by atoms with E-state index in [9.17, 15) is 4.79 Å². The van der Waals surface area contributed by atoms with Gasteiger partial charge >= 0.3 is 0 Å². The van der Waals surface area contributed by atoms with Gasteiger partial charge in [0.2, 0.25) is 5.91 Å². The third-order valence-electron chi connectivity index (χ3n) is 4.07. The summed E-state index contributed by atoms with van der Waals surface area (Å²) in [7, 11) is 1.97. The van der Waals surface area contributed by atoms with Gasteiger partial charge in [-0.2, -0.15) is 0 Å². The summed E-state index contributed by atoms with van der Waals surface area (Å²) in [5.41, 5.74) is 7.96. The second-order valence-corrected chi connectivity index (χ2v) is 5.23. The Labute approximate surface area is 115 Å². The van der Waals surface area contributed by atoms with Gasteiger partial charge in [0.25, 0.3) is 0 Å². The molecule has 0 aliphatic carbocycles. The van der Waals surface area contributed by atoms with Gasteiger partial charge in [0, 0.05) is 30.7 Å². The number of para-hydroxylation sites is 1. The van der Waals surface area contributed by atoms with E-state index in [0.717, 1.165) is 25.9 Å². The van der Waals surface area contributed by atoms with Crippen molar-refractivity contribution in [3.63, 3.8) is 0 Å². The van der Waals surface area contributed by atoms with Gasteiger partial charge in [-0.15, -0.1) is 0 Å². The summed E-state index contributed by atoms with van der Waals surface area (Å²) >= 11 is 0. The Morgan fingerprint density at radius 1 is 1.37 bits per heavy atom. The molecule has 0 saturated carbocycles. The zero-order chi connectivity index (χ0) is 13.8. The summed E-state index contributed by atoms with van der Waals surface area (Å²) in [6, 6.07) is 8.79.